The van der Waals surface area contributed by atoms with Gasteiger partial charge in [-0.2, -0.15) is 0 Å². The molecule has 3 unspecified atom stereocenters. The summed E-state index contributed by atoms with van der Waals surface area (Å²) in [5.74, 6) is 0.726. The van der Waals surface area contributed by atoms with Crippen LogP contribution in [-0.4, -0.2) is 66.9 Å². The third-order valence-electron chi connectivity index (χ3n) is 7.40. The van der Waals surface area contributed by atoms with E-state index in [1.807, 2.05) is 30.4 Å². The molecule has 2 aliphatic heterocycles. The van der Waals surface area contributed by atoms with E-state index in [9.17, 15) is 9.59 Å². The van der Waals surface area contributed by atoms with Gasteiger partial charge < -0.3 is 24.4 Å². The average Bonchev–Trinajstić information content (AvgIpc) is 3.03. The normalized spacial score (nSPS) is 39.4. The number of Topliss-reactive ketones (excluding diaryl/α,β-unsaturated/α-hetero) is 1. The van der Waals surface area contributed by atoms with E-state index in [1.54, 1.807) is 14.2 Å². The highest BCUT2D eigenvalue weighted by Crippen LogP contribution is 2.54. The first-order valence-electron chi connectivity index (χ1n) is 11.2. The highest BCUT2D eigenvalue weighted by Gasteiger charge is 2.69. The fourth-order valence-electron chi connectivity index (χ4n) is 5.76. The molecule has 3 aliphatic carbocycles. The van der Waals surface area contributed by atoms with Crippen molar-refractivity contribution in [2.45, 2.75) is 68.0 Å². The molecule has 2 amide bonds. The van der Waals surface area contributed by atoms with E-state index in [-0.39, 0.29) is 36.7 Å². The van der Waals surface area contributed by atoms with E-state index >= 15 is 0 Å². The first kappa shape index (κ1) is 20.5. The summed E-state index contributed by atoms with van der Waals surface area (Å²) in [5, 5.41) is 3.10. The smallest absolute Gasteiger partial charge is 0.318 e. The van der Waals surface area contributed by atoms with Crippen LogP contribution in [0.1, 0.15) is 38.5 Å². The molecule has 2 saturated heterocycles. The van der Waals surface area contributed by atoms with Crippen LogP contribution < -0.4 is 5.32 Å². The predicted octanol–water partition coefficient (Wildman–Crippen LogP) is 2.79. The molecular weight excluding hydrogens is 396 g/mol. The van der Waals surface area contributed by atoms with E-state index in [2.05, 4.69) is 11.4 Å². The number of rotatable bonds is 3. The number of hydrogen-bond donors (Lipinski definition) is 1. The summed E-state index contributed by atoms with van der Waals surface area (Å²) >= 11 is 0. The molecule has 3 atom stereocenters. The molecular formula is C24H30N2O5. The molecule has 0 aromatic rings. The van der Waals surface area contributed by atoms with Crippen LogP contribution in [0.5, 0.6) is 0 Å². The minimum Gasteiger partial charge on any atom is -0.486 e. The first-order chi connectivity index (χ1) is 15.0. The summed E-state index contributed by atoms with van der Waals surface area (Å²) in [4.78, 5) is 27.9. The lowest BCUT2D eigenvalue weighted by atomic mass is 9.64. The van der Waals surface area contributed by atoms with Gasteiger partial charge in [0.25, 0.3) is 0 Å². The third-order valence-corrected chi connectivity index (χ3v) is 7.40. The molecule has 166 valence electrons. The lowest BCUT2D eigenvalue weighted by Gasteiger charge is -2.50. The number of likely N-dealkylation sites (N-methyl/N-ethyl adjacent to an activating group) is 1. The Labute approximate surface area is 182 Å². The average molecular weight is 427 g/mol. The molecule has 3 fully saturated rings. The Kier molecular flexibility index (Phi) is 5.06. The van der Waals surface area contributed by atoms with Gasteiger partial charge in [-0.15, -0.1) is 0 Å². The van der Waals surface area contributed by atoms with Crippen LogP contribution in [0.25, 0.3) is 0 Å². The number of fused-ring (bicyclic) bond motifs is 3. The van der Waals surface area contributed by atoms with Gasteiger partial charge in [-0.05, 0) is 55.9 Å². The molecule has 7 nitrogen and oxygen atoms in total. The first-order valence-corrected chi connectivity index (χ1v) is 11.2. The summed E-state index contributed by atoms with van der Waals surface area (Å²) in [6, 6.07) is -0.240. The highest BCUT2D eigenvalue weighted by atomic mass is 16.5. The second-order valence-corrected chi connectivity index (χ2v) is 9.14. The van der Waals surface area contributed by atoms with E-state index in [0.717, 1.165) is 30.6 Å². The molecule has 2 heterocycles. The molecule has 1 saturated carbocycles. The molecule has 0 bridgehead atoms. The molecule has 31 heavy (non-hydrogen) atoms. The molecule has 5 aliphatic rings. The van der Waals surface area contributed by atoms with Crippen molar-refractivity contribution in [3.05, 3.63) is 47.8 Å². The lowest BCUT2D eigenvalue weighted by Crippen LogP contribution is -2.74. The minimum atomic E-state index is -1.15. The second kappa shape index (κ2) is 7.64. The number of carbonyl (C=O) groups is 2. The van der Waals surface area contributed by atoms with Crippen molar-refractivity contribution in [2.24, 2.45) is 0 Å². The Morgan fingerprint density at radius 3 is 2.71 bits per heavy atom. The number of ketones is 1. The molecule has 1 N–H and O–H groups in total. The second-order valence-electron chi connectivity index (χ2n) is 9.14. The van der Waals surface area contributed by atoms with E-state index in [4.69, 9.17) is 14.2 Å². The van der Waals surface area contributed by atoms with E-state index in [1.165, 1.54) is 4.90 Å². The number of hydrogen-bond acceptors (Lipinski definition) is 5. The number of nitrogens with zero attached hydrogens (tertiary/aromatic N) is 1. The van der Waals surface area contributed by atoms with E-state index in [0.29, 0.717) is 19.3 Å². The van der Waals surface area contributed by atoms with Crippen molar-refractivity contribution in [2.75, 3.05) is 20.7 Å². The van der Waals surface area contributed by atoms with Gasteiger partial charge in [0.05, 0.1) is 18.8 Å². The van der Waals surface area contributed by atoms with Gasteiger partial charge >= 0.3 is 6.03 Å². The van der Waals surface area contributed by atoms with Crippen LogP contribution in [0.3, 0.4) is 0 Å². The minimum absolute atomic E-state index is 0.0130. The number of nitrogens with one attached hydrogen (secondary N) is 1. The zero-order chi connectivity index (χ0) is 21.6. The largest absolute Gasteiger partial charge is 0.486 e. The van der Waals surface area contributed by atoms with Gasteiger partial charge in [0, 0.05) is 20.6 Å². The summed E-state index contributed by atoms with van der Waals surface area (Å²) in [5.41, 5.74) is -1.06. The Morgan fingerprint density at radius 1 is 1.19 bits per heavy atom. The SMILES string of the molecule is COC1CCC2(CC1)OC1CC=C(OC3C=CC=CC3)C=C1C21NC(=O)N(C)CC1=O. The van der Waals surface area contributed by atoms with E-state index < -0.39 is 11.1 Å². The number of carbonyl (C=O) groups excluding carboxylic acids is 2. The van der Waals surface area contributed by atoms with Gasteiger partial charge in [-0.3, -0.25) is 4.79 Å². The molecule has 5 rings (SSSR count). The van der Waals surface area contributed by atoms with Crippen LogP contribution in [0.2, 0.25) is 0 Å². The van der Waals surface area contributed by atoms with Crippen LogP contribution in [0, 0.1) is 0 Å². The fraction of sp³-hybridized carbons (Fsp3) is 0.583. The highest BCUT2D eigenvalue weighted by molar-refractivity contribution is 6.03. The Bertz CT molecular complexity index is 896. The molecule has 0 radical (unpaired) electrons. The Hall–Kier alpha value is -2.38. The maximum Gasteiger partial charge on any atom is 0.318 e. The number of amides is 2. The molecule has 0 aromatic carbocycles. The van der Waals surface area contributed by atoms with Crippen LogP contribution in [0.15, 0.2) is 47.8 Å². The van der Waals surface area contributed by atoms with Crippen molar-refractivity contribution in [3.63, 3.8) is 0 Å². The number of methoxy groups -OCH3 is 1. The van der Waals surface area contributed by atoms with Crippen molar-refractivity contribution in [1.29, 1.82) is 0 Å². The molecule has 2 spiro atoms. The Balaban J connectivity index is 1.51. The monoisotopic (exact) mass is 426 g/mol. The molecule has 7 heteroatoms. The quantitative estimate of drug-likeness (QED) is 0.751. The van der Waals surface area contributed by atoms with Crippen molar-refractivity contribution < 1.29 is 23.8 Å². The van der Waals surface area contributed by atoms with Gasteiger partial charge in [-0.1, -0.05) is 18.2 Å². The zero-order valence-electron chi connectivity index (χ0n) is 18.1. The van der Waals surface area contributed by atoms with Gasteiger partial charge in [0.1, 0.15) is 17.5 Å². The third kappa shape index (κ3) is 3.17. The fourth-order valence-corrected chi connectivity index (χ4v) is 5.76. The van der Waals surface area contributed by atoms with Crippen LogP contribution in [0.4, 0.5) is 4.79 Å². The van der Waals surface area contributed by atoms with Crippen molar-refractivity contribution >= 4 is 11.8 Å². The number of allylic oxidation sites excluding steroid dienone is 3. The lowest BCUT2D eigenvalue weighted by molar-refractivity contribution is -0.146. The van der Waals surface area contributed by atoms with Gasteiger partial charge in [0.15, 0.2) is 11.3 Å². The topological polar surface area (TPSA) is 77.1 Å². The Morgan fingerprint density at radius 2 is 2.00 bits per heavy atom. The number of urea groups is 1. The summed E-state index contributed by atoms with van der Waals surface area (Å²) in [6.07, 6.45) is 16.3. The maximum atomic E-state index is 13.7. The molecule has 0 aromatic heterocycles. The van der Waals surface area contributed by atoms with Gasteiger partial charge in [-0.25, -0.2) is 4.79 Å². The summed E-state index contributed by atoms with van der Waals surface area (Å²) in [7, 11) is 3.37. The standard InChI is InChI=1S/C24H30N2O5/c1-26-15-21(27)24(25-22(26)28)19-14-18(30-17-6-4-3-5-7-17)8-9-20(19)31-23(24)12-10-16(29-2)11-13-23/h3-6,8,14,16-17,20H,7,9-13,15H2,1-2H3,(H,25,28). The van der Waals surface area contributed by atoms with Gasteiger partial charge in [0.2, 0.25) is 0 Å². The van der Waals surface area contributed by atoms with Crippen molar-refractivity contribution in [1.82, 2.24) is 10.2 Å². The van der Waals surface area contributed by atoms with Crippen LogP contribution in [-0.2, 0) is 19.0 Å². The zero-order valence-corrected chi connectivity index (χ0v) is 18.1. The predicted molar refractivity (Wildman–Crippen MR) is 114 cm³/mol. The van der Waals surface area contributed by atoms with Crippen molar-refractivity contribution in [3.8, 4) is 0 Å². The van der Waals surface area contributed by atoms with Crippen LogP contribution >= 0.6 is 0 Å². The summed E-state index contributed by atoms with van der Waals surface area (Å²) < 4.78 is 18.4. The maximum absolute atomic E-state index is 13.7. The number of ether oxygens (including phenoxy) is 3. The summed E-state index contributed by atoms with van der Waals surface area (Å²) in [6.45, 7) is 0.0742.